The van der Waals surface area contributed by atoms with Crippen LogP contribution in [0.1, 0.15) is 44.6 Å². The fourth-order valence-corrected chi connectivity index (χ4v) is 4.13. The number of aliphatic hydroxyl groups is 1. The third-order valence-corrected chi connectivity index (χ3v) is 5.55. The fraction of sp³-hybridized carbons (Fsp3) is 0.588. The normalized spacial score (nSPS) is 32.0. The Balaban J connectivity index is 1.78. The molecule has 3 nitrogen and oxygen atoms in total. The molecule has 1 amide bonds. The molecular formula is C17H21ClFNO2. The zero-order valence-corrected chi connectivity index (χ0v) is 13.4. The first-order valence-corrected chi connectivity index (χ1v) is 8.22. The molecule has 0 radical (unpaired) electrons. The minimum absolute atomic E-state index is 0.142. The first kappa shape index (κ1) is 15.8. The van der Waals surface area contributed by atoms with Crippen LogP contribution in [0.15, 0.2) is 18.2 Å². The molecule has 1 saturated carbocycles. The van der Waals surface area contributed by atoms with Crippen molar-refractivity contribution in [2.75, 3.05) is 0 Å². The van der Waals surface area contributed by atoms with Crippen LogP contribution in [0.2, 0.25) is 5.02 Å². The Hall–Kier alpha value is -1.13. The molecule has 0 aromatic heterocycles. The Morgan fingerprint density at radius 2 is 2.09 bits per heavy atom. The van der Waals surface area contributed by atoms with E-state index in [9.17, 15) is 14.3 Å². The Kier molecular flexibility index (Phi) is 4.17. The van der Waals surface area contributed by atoms with E-state index in [4.69, 9.17) is 11.6 Å². The first-order valence-electron chi connectivity index (χ1n) is 7.84. The van der Waals surface area contributed by atoms with Crippen molar-refractivity contribution in [1.29, 1.82) is 0 Å². The molecule has 1 N–H and O–H groups in total. The van der Waals surface area contributed by atoms with E-state index in [0.717, 1.165) is 24.8 Å². The quantitative estimate of drug-likeness (QED) is 0.903. The fourth-order valence-electron chi connectivity index (χ4n) is 3.90. The molecule has 1 unspecified atom stereocenters. The maximum Gasteiger partial charge on any atom is 0.229 e. The molecule has 1 saturated heterocycles. The van der Waals surface area contributed by atoms with Crippen molar-refractivity contribution in [2.24, 2.45) is 5.41 Å². The predicted octanol–water partition coefficient (Wildman–Crippen LogP) is 3.52. The lowest BCUT2D eigenvalue weighted by Crippen LogP contribution is -2.38. The van der Waals surface area contributed by atoms with Crippen LogP contribution in [-0.4, -0.2) is 28.1 Å². The summed E-state index contributed by atoms with van der Waals surface area (Å²) < 4.78 is 13.1. The summed E-state index contributed by atoms with van der Waals surface area (Å²) in [5.41, 5.74) is 0.460. The molecule has 1 heterocycles. The van der Waals surface area contributed by atoms with Gasteiger partial charge < -0.3 is 10.0 Å². The average molecular weight is 326 g/mol. The van der Waals surface area contributed by atoms with E-state index >= 15 is 0 Å². The molecule has 120 valence electrons. The van der Waals surface area contributed by atoms with Gasteiger partial charge in [0, 0.05) is 17.6 Å². The average Bonchev–Trinajstić information content (AvgIpc) is 2.69. The number of amides is 1. The molecule has 0 bridgehead atoms. The number of carbonyl (C=O) groups is 1. The highest BCUT2D eigenvalue weighted by atomic mass is 35.5. The third kappa shape index (κ3) is 2.74. The van der Waals surface area contributed by atoms with Crippen molar-refractivity contribution in [3.63, 3.8) is 0 Å². The molecular weight excluding hydrogens is 305 g/mol. The lowest BCUT2D eigenvalue weighted by Gasteiger charge is -2.33. The highest BCUT2D eigenvalue weighted by molar-refractivity contribution is 6.31. The molecule has 1 aliphatic carbocycles. The Morgan fingerprint density at radius 3 is 2.73 bits per heavy atom. The number of likely N-dealkylation sites (tertiary alicyclic amines) is 1. The molecule has 1 aliphatic heterocycles. The maximum atomic E-state index is 13.1. The third-order valence-electron chi connectivity index (χ3n) is 5.20. The highest BCUT2D eigenvalue weighted by Crippen LogP contribution is 2.47. The second-order valence-corrected chi connectivity index (χ2v) is 7.14. The van der Waals surface area contributed by atoms with E-state index in [1.165, 1.54) is 12.1 Å². The van der Waals surface area contributed by atoms with Gasteiger partial charge in [-0.3, -0.25) is 4.79 Å². The van der Waals surface area contributed by atoms with Gasteiger partial charge in [0.15, 0.2) is 0 Å². The zero-order chi connectivity index (χ0) is 15.9. The van der Waals surface area contributed by atoms with Crippen LogP contribution in [-0.2, 0) is 11.3 Å². The van der Waals surface area contributed by atoms with E-state index in [1.54, 1.807) is 6.07 Å². The maximum absolute atomic E-state index is 13.1. The second kappa shape index (κ2) is 5.82. The summed E-state index contributed by atoms with van der Waals surface area (Å²) in [6.07, 6.45) is 3.47. The number of nitrogens with zero attached hydrogens (tertiary/aromatic N) is 1. The zero-order valence-electron chi connectivity index (χ0n) is 12.7. The van der Waals surface area contributed by atoms with Crippen LogP contribution in [0, 0.1) is 11.2 Å². The molecule has 1 atom stereocenters. The van der Waals surface area contributed by atoms with Gasteiger partial charge in [-0.25, -0.2) is 4.39 Å². The van der Waals surface area contributed by atoms with Crippen molar-refractivity contribution in [3.8, 4) is 0 Å². The van der Waals surface area contributed by atoms with E-state index in [1.807, 2.05) is 4.90 Å². The molecule has 1 aromatic carbocycles. The van der Waals surface area contributed by atoms with Gasteiger partial charge in [-0.1, -0.05) is 17.7 Å². The van der Waals surface area contributed by atoms with Gasteiger partial charge in [-0.2, -0.15) is 0 Å². The van der Waals surface area contributed by atoms with Crippen molar-refractivity contribution < 1.29 is 14.3 Å². The summed E-state index contributed by atoms with van der Waals surface area (Å²) in [6.45, 7) is 2.47. The van der Waals surface area contributed by atoms with Crippen LogP contribution in [0.25, 0.3) is 0 Å². The van der Waals surface area contributed by atoms with E-state index in [2.05, 4.69) is 6.92 Å². The first-order chi connectivity index (χ1) is 10.4. The van der Waals surface area contributed by atoms with Crippen molar-refractivity contribution in [2.45, 2.75) is 57.7 Å². The Bertz CT molecular complexity index is 584. The van der Waals surface area contributed by atoms with Crippen LogP contribution in [0.5, 0.6) is 0 Å². The van der Waals surface area contributed by atoms with E-state index in [0.29, 0.717) is 24.4 Å². The van der Waals surface area contributed by atoms with Gasteiger partial charge >= 0.3 is 0 Å². The second-order valence-electron chi connectivity index (χ2n) is 6.73. The summed E-state index contributed by atoms with van der Waals surface area (Å²) in [7, 11) is 0. The predicted molar refractivity (Wildman–Crippen MR) is 82.9 cm³/mol. The number of carbonyl (C=O) groups excluding carboxylic acids is 1. The van der Waals surface area contributed by atoms with Crippen LogP contribution >= 0.6 is 11.6 Å². The summed E-state index contributed by atoms with van der Waals surface area (Å²) in [5.74, 6) is -0.209. The smallest absolute Gasteiger partial charge is 0.229 e. The minimum atomic E-state index is -0.368. The number of hydrogen-bond acceptors (Lipinski definition) is 2. The standard InChI is InChI=1S/C17H21ClFNO2/c1-11-9-17(6-4-14(21)5-7-17)16(22)20(11)10-12-2-3-13(19)8-15(12)18/h2-3,8,11,14,21H,4-7,9-10H2,1H3. The van der Waals surface area contributed by atoms with Crippen molar-refractivity contribution in [1.82, 2.24) is 4.90 Å². The lowest BCUT2D eigenvalue weighted by molar-refractivity contribution is -0.139. The highest BCUT2D eigenvalue weighted by Gasteiger charge is 2.51. The molecule has 22 heavy (non-hydrogen) atoms. The summed E-state index contributed by atoms with van der Waals surface area (Å²) >= 11 is 6.09. The van der Waals surface area contributed by atoms with Crippen molar-refractivity contribution >= 4 is 17.5 Å². The Morgan fingerprint density at radius 1 is 1.41 bits per heavy atom. The molecule has 2 fully saturated rings. The van der Waals surface area contributed by atoms with Crippen molar-refractivity contribution in [3.05, 3.63) is 34.6 Å². The van der Waals surface area contributed by atoms with Gasteiger partial charge in [-0.15, -0.1) is 0 Å². The van der Waals surface area contributed by atoms with Crippen LogP contribution in [0.3, 0.4) is 0 Å². The molecule has 1 aromatic rings. The summed E-state index contributed by atoms with van der Waals surface area (Å²) in [4.78, 5) is 14.8. The number of aliphatic hydroxyl groups excluding tert-OH is 1. The van der Waals surface area contributed by atoms with Gasteiger partial charge in [0.05, 0.1) is 11.5 Å². The number of hydrogen-bond donors (Lipinski definition) is 1. The number of benzene rings is 1. The molecule has 2 aliphatic rings. The largest absolute Gasteiger partial charge is 0.393 e. The lowest BCUT2D eigenvalue weighted by atomic mass is 9.71. The number of rotatable bonds is 2. The SMILES string of the molecule is CC1CC2(CCC(O)CC2)C(=O)N1Cc1ccc(F)cc1Cl. The summed E-state index contributed by atoms with van der Waals surface area (Å²) in [5, 5.41) is 10.1. The summed E-state index contributed by atoms with van der Waals surface area (Å²) in [6, 6.07) is 4.45. The Labute approximate surface area is 135 Å². The molecule has 1 spiro atoms. The van der Waals surface area contributed by atoms with Gasteiger partial charge in [0.25, 0.3) is 0 Å². The monoisotopic (exact) mass is 325 g/mol. The van der Waals surface area contributed by atoms with Gasteiger partial charge in [0.2, 0.25) is 5.91 Å². The minimum Gasteiger partial charge on any atom is -0.393 e. The van der Waals surface area contributed by atoms with Crippen LogP contribution in [0.4, 0.5) is 4.39 Å². The van der Waals surface area contributed by atoms with Gasteiger partial charge in [0.1, 0.15) is 5.82 Å². The number of halogens is 2. The topological polar surface area (TPSA) is 40.5 Å². The van der Waals surface area contributed by atoms with Gasteiger partial charge in [-0.05, 0) is 56.7 Å². The molecule has 3 rings (SSSR count). The van der Waals surface area contributed by atoms with Crippen LogP contribution < -0.4 is 0 Å². The van der Waals surface area contributed by atoms with E-state index in [-0.39, 0.29) is 29.3 Å². The molecule has 5 heteroatoms. The van der Waals surface area contributed by atoms with E-state index < -0.39 is 0 Å².